The maximum atomic E-state index is 10.6. The Hall–Kier alpha value is -0.900. The molecule has 0 saturated heterocycles. The molecule has 0 aromatic carbocycles. The summed E-state index contributed by atoms with van der Waals surface area (Å²) in [5, 5.41) is 1.59. The maximum Gasteiger partial charge on any atom is 0.357 e. The second kappa shape index (κ2) is 2.59. The molecule has 0 N–H and O–H groups in total. The number of aromatic nitrogens is 1. The van der Waals surface area contributed by atoms with Crippen LogP contribution in [-0.2, 0) is 4.74 Å². The zero-order chi connectivity index (χ0) is 6.69. The molecule has 0 aliphatic carbocycles. The van der Waals surface area contributed by atoms with Crippen molar-refractivity contribution < 1.29 is 9.53 Å². The van der Waals surface area contributed by atoms with Gasteiger partial charge in [0.05, 0.1) is 7.11 Å². The third kappa shape index (κ3) is 1.26. The van der Waals surface area contributed by atoms with Crippen LogP contribution < -0.4 is 0 Å². The lowest BCUT2D eigenvalue weighted by Crippen LogP contribution is -2.00. The normalized spacial score (nSPS) is 9.00. The molecule has 0 bridgehead atoms. The Kier molecular flexibility index (Phi) is 1.79. The smallest absolute Gasteiger partial charge is 0.357 e. The van der Waals surface area contributed by atoms with Gasteiger partial charge < -0.3 is 4.74 Å². The Labute approximate surface area is 56.3 Å². The molecular formula is C5H4NO2S. The Balaban J connectivity index is 2.77. The van der Waals surface area contributed by atoms with E-state index in [1.165, 1.54) is 18.4 Å². The van der Waals surface area contributed by atoms with E-state index in [9.17, 15) is 4.79 Å². The summed E-state index contributed by atoms with van der Waals surface area (Å²) >= 11 is 1.25. The van der Waals surface area contributed by atoms with E-state index in [1.807, 2.05) is 0 Å². The first-order chi connectivity index (χ1) is 4.34. The van der Waals surface area contributed by atoms with Crippen molar-refractivity contribution in [2.24, 2.45) is 0 Å². The van der Waals surface area contributed by atoms with E-state index in [-0.39, 0.29) is 0 Å². The fourth-order valence-corrected chi connectivity index (χ4v) is 0.847. The zero-order valence-electron chi connectivity index (χ0n) is 4.75. The molecule has 4 heteroatoms. The van der Waals surface area contributed by atoms with Gasteiger partial charge in [-0.3, -0.25) is 0 Å². The van der Waals surface area contributed by atoms with Crippen LogP contribution in [0.25, 0.3) is 0 Å². The first kappa shape index (κ1) is 6.22. The third-order valence-electron chi connectivity index (χ3n) is 0.784. The summed E-state index contributed by atoms with van der Waals surface area (Å²) in [6, 6.07) is 0. The molecule has 0 fully saturated rings. The van der Waals surface area contributed by atoms with Gasteiger partial charge in [0.25, 0.3) is 0 Å². The third-order valence-corrected chi connectivity index (χ3v) is 1.32. The van der Waals surface area contributed by atoms with Crippen molar-refractivity contribution >= 4 is 17.3 Å². The van der Waals surface area contributed by atoms with Crippen LogP contribution in [0.1, 0.15) is 10.5 Å². The van der Waals surface area contributed by atoms with E-state index < -0.39 is 5.97 Å². The molecule has 3 nitrogen and oxygen atoms in total. The summed E-state index contributed by atoms with van der Waals surface area (Å²) in [6.07, 6.45) is 0. The highest BCUT2D eigenvalue weighted by Gasteiger charge is 2.04. The molecule has 9 heavy (non-hydrogen) atoms. The Morgan fingerprint density at radius 1 is 2.00 bits per heavy atom. The fraction of sp³-hybridized carbons (Fsp3) is 0.200. The summed E-state index contributed by atoms with van der Waals surface area (Å²) in [5.74, 6) is -0.410. The van der Waals surface area contributed by atoms with E-state index in [1.54, 1.807) is 5.38 Å². The van der Waals surface area contributed by atoms with Crippen LogP contribution in [0.2, 0.25) is 0 Å². The summed E-state index contributed by atoms with van der Waals surface area (Å²) < 4.78 is 4.38. The zero-order valence-corrected chi connectivity index (χ0v) is 5.57. The summed E-state index contributed by atoms with van der Waals surface area (Å²) in [7, 11) is 1.32. The number of hydrogen-bond donors (Lipinski definition) is 0. The number of ether oxygens (including phenoxy) is 1. The largest absolute Gasteiger partial charge is 0.464 e. The van der Waals surface area contributed by atoms with Crippen LogP contribution in [0.15, 0.2) is 5.38 Å². The number of hydrogen-bond acceptors (Lipinski definition) is 4. The molecule has 1 radical (unpaired) electrons. The molecule has 47 valence electrons. The van der Waals surface area contributed by atoms with Crippen LogP contribution in [0.3, 0.4) is 0 Å². The van der Waals surface area contributed by atoms with E-state index in [4.69, 9.17) is 0 Å². The van der Waals surface area contributed by atoms with Crippen molar-refractivity contribution in [3.05, 3.63) is 16.6 Å². The number of carbonyl (C=O) groups excluding carboxylic acids is 1. The summed E-state index contributed by atoms with van der Waals surface area (Å²) in [5.41, 5.74) is 2.86. The summed E-state index contributed by atoms with van der Waals surface area (Å²) in [6.45, 7) is 0. The van der Waals surface area contributed by atoms with E-state index in [0.29, 0.717) is 5.69 Å². The predicted octanol–water partition coefficient (Wildman–Crippen LogP) is 0.730. The van der Waals surface area contributed by atoms with E-state index in [0.717, 1.165) is 0 Å². The average molecular weight is 142 g/mol. The van der Waals surface area contributed by atoms with E-state index in [2.05, 4.69) is 15.2 Å². The number of thiazole rings is 1. The van der Waals surface area contributed by atoms with Crippen molar-refractivity contribution in [3.63, 3.8) is 0 Å². The number of carbonyl (C=O) groups is 1. The topological polar surface area (TPSA) is 39.2 Å². The summed E-state index contributed by atoms with van der Waals surface area (Å²) in [4.78, 5) is 14.2. The number of methoxy groups -OCH3 is 1. The van der Waals surface area contributed by atoms with Crippen molar-refractivity contribution in [1.29, 1.82) is 0 Å². The van der Waals surface area contributed by atoms with Crippen molar-refractivity contribution in [2.75, 3.05) is 7.11 Å². The van der Waals surface area contributed by atoms with Crippen LogP contribution in [0.5, 0.6) is 0 Å². The predicted molar refractivity (Wildman–Crippen MR) is 32.3 cm³/mol. The van der Waals surface area contributed by atoms with Crippen molar-refractivity contribution in [2.45, 2.75) is 0 Å². The van der Waals surface area contributed by atoms with Gasteiger partial charge in [0.2, 0.25) is 0 Å². The van der Waals surface area contributed by atoms with Gasteiger partial charge in [0.1, 0.15) is 0 Å². The lowest BCUT2D eigenvalue weighted by Gasteiger charge is -1.89. The highest BCUT2D eigenvalue weighted by Crippen LogP contribution is 2.00. The monoisotopic (exact) mass is 142 g/mol. The first-order valence-corrected chi connectivity index (χ1v) is 3.12. The highest BCUT2D eigenvalue weighted by molar-refractivity contribution is 7.07. The molecule has 1 aromatic heterocycles. The van der Waals surface area contributed by atoms with E-state index >= 15 is 0 Å². The Morgan fingerprint density at radius 3 is 3.22 bits per heavy atom. The number of nitrogens with zero attached hydrogens (tertiary/aromatic N) is 1. The second-order valence-electron chi connectivity index (χ2n) is 1.32. The molecule has 0 aliphatic heterocycles. The number of rotatable bonds is 1. The Bertz CT molecular complexity index is 195. The van der Waals surface area contributed by atoms with Gasteiger partial charge in [-0.1, -0.05) is 0 Å². The lowest BCUT2D eigenvalue weighted by molar-refractivity contribution is 0.0595. The second-order valence-corrected chi connectivity index (χ2v) is 1.97. The number of esters is 1. The first-order valence-electron chi connectivity index (χ1n) is 2.24. The molecular weight excluding hydrogens is 138 g/mol. The molecule has 0 spiro atoms. The molecule has 1 rings (SSSR count). The molecule has 0 saturated carbocycles. The van der Waals surface area contributed by atoms with Gasteiger partial charge in [-0.15, -0.1) is 11.3 Å². The molecule has 0 amide bonds. The van der Waals surface area contributed by atoms with Gasteiger partial charge in [-0.05, 0) is 0 Å². The van der Waals surface area contributed by atoms with Gasteiger partial charge in [0, 0.05) is 5.38 Å². The van der Waals surface area contributed by atoms with Gasteiger partial charge in [-0.25, -0.2) is 9.78 Å². The minimum absolute atomic E-state index is 0.322. The SMILES string of the molecule is COC(=O)c1cs[c]n1. The van der Waals surface area contributed by atoms with Gasteiger partial charge in [0.15, 0.2) is 11.2 Å². The van der Waals surface area contributed by atoms with Gasteiger partial charge >= 0.3 is 5.97 Å². The minimum Gasteiger partial charge on any atom is -0.464 e. The quantitative estimate of drug-likeness (QED) is 0.542. The molecule has 0 aliphatic rings. The average Bonchev–Trinajstić information content (AvgIpc) is 2.37. The van der Waals surface area contributed by atoms with Crippen LogP contribution in [0.4, 0.5) is 0 Å². The van der Waals surface area contributed by atoms with Gasteiger partial charge in [-0.2, -0.15) is 0 Å². The molecule has 1 aromatic rings. The molecule has 0 unspecified atom stereocenters. The van der Waals surface area contributed by atoms with Crippen molar-refractivity contribution in [1.82, 2.24) is 4.98 Å². The van der Waals surface area contributed by atoms with Crippen LogP contribution >= 0.6 is 11.3 Å². The maximum absolute atomic E-state index is 10.6. The molecule has 1 heterocycles. The molecule has 0 atom stereocenters. The Morgan fingerprint density at radius 2 is 2.78 bits per heavy atom. The lowest BCUT2D eigenvalue weighted by atomic mass is 10.5. The fourth-order valence-electron chi connectivity index (χ4n) is 0.382. The highest BCUT2D eigenvalue weighted by atomic mass is 32.1. The minimum atomic E-state index is -0.410. The van der Waals surface area contributed by atoms with Crippen LogP contribution in [0, 0.1) is 5.51 Å². The van der Waals surface area contributed by atoms with Crippen molar-refractivity contribution in [3.8, 4) is 0 Å². The standard InChI is InChI=1S/C5H4NO2S/c1-8-5(7)4-2-9-3-6-4/h2H,1H3. The van der Waals surface area contributed by atoms with Crippen LogP contribution in [-0.4, -0.2) is 18.1 Å².